The van der Waals surface area contributed by atoms with Crippen LogP contribution in [0.1, 0.15) is 34.3 Å². The molecule has 124 valence electrons. The Morgan fingerprint density at radius 2 is 2.25 bits per heavy atom. The maximum atomic E-state index is 12.3. The molecule has 7 nitrogen and oxygen atoms in total. The SMILES string of the molecule is CCCc1nnsc1C(=O)NCc1cncc(-c2ccnn2C)c1. The fourth-order valence-corrected chi connectivity index (χ4v) is 3.05. The van der Waals surface area contributed by atoms with Crippen LogP contribution in [0.2, 0.25) is 0 Å². The van der Waals surface area contributed by atoms with Crippen LogP contribution in [0.25, 0.3) is 11.3 Å². The summed E-state index contributed by atoms with van der Waals surface area (Å²) >= 11 is 1.14. The normalized spacial score (nSPS) is 10.8. The van der Waals surface area contributed by atoms with Crippen molar-refractivity contribution < 1.29 is 4.79 Å². The van der Waals surface area contributed by atoms with Gasteiger partial charge in [-0.1, -0.05) is 17.8 Å². The molecule has 0 unspecified atom stereocenters. The summed E-state index contributed by atoms with van der Waals surface area (Å²) in [5.41, 5.74) is 3.64. The second kappa shape index (κ2) is 7.31. The van der Waals surface area contributed by atoms with E-state index in [0.717, 1.165) is 46.9 Å². The van der Waals surface area contributed by atoms with Crippen molar-refractivity contribution in [2.75, 3.05) is 0 Å². The Hall–Kier alpha value is -2.61. The molecule has 0 saturated heterocycles. The summed E-state index contributed by atoms with van der Waals surface area (Å²) in [5.74, 6) is -0.139. The van der Waals surface area contributed by atoms with Gasteiger partial charge in [0.2, 0.25) is 0 Å². The van der Waals surface area contributed by atoms with E-state index in [4.69, 9.17) is 0 Å². The third-order valence-electron chi connectivity index (χ3n) is 3.61. The number of carbonyl (C=O) groups excluding carboxylic acids is 1. The highest BCUT2D eigenvalue weighted by Gasteiger charge is 2.15. The molecule has 0 fully saturated rings. The quantitative estimate of drug-likeness (QED) is 0.742. The average Bonchev–Trinajstić information content (AvgIpc) is 3.22. The highest BCUT2D eigenvalue weighted by Crippen LogP contribution is 2.18. The van der Waals surface area contributed by atoms with Crippen LogP contribution in [0.4, 0.5) is 0 Å². The van der Waals surface area contributed by atoms with E-state index < -0.39 is 0 Å². The van der Waals surface area contributed by atoms with Crippen molar-refractivity contribution in [3.63, 3.8) is 0 Å². The summed E-state index contributed by atoms with van der Waals surface area (Å²) in [6.07, 6.45) is 6.97. The summed E-state index contributed by atoms with van der Waals surface area (Å²) < 4.78 is 5.67. The zero-order valence-electron chi connectivity index (χ0n) is 13.6. The first-order valence-corrected chi connectivity index (χ1v) is 8.48. The topological polar surface area (TPSA) is 85.6 Å². The second-order valence-corrected chi connectivity index (χ2v) is 6.16. The van der Waals surface area contributed by atoms with Crippen LogP contribution in [0, 0.1) is 0 Å². The Balaban J connectivity index is 1.70. The second-order valence-electron chi connectivity index (χ2n) is 5.40. The maximum Gasteiger partial charge on any atom is 0.265 e. The fourth-order valence-electron chi connectivity index (χ4n) is 2.43. The van der Waals surface area contributed by atoms with Crippen LogP contribution in [0.15, 0.2) is 30.7 Å². The number of nitrogens with zero attached hydrogens (tertiary/aromatic N) is 5. The smallest absolute Gasteiger partial charge is 0.265 e. The molecule has 0 spiro atoms. The van der Waals surface area contributed by atoms with Gasteiger partial charge >= 0.3 is 0 Å². The Morgan fingerprint density at radius 1 is 1.38 bits per heavy atom. The molecule has 0 aromatic carbocycles. The average molecular weight is 342 g/mol. The predicted octanol–water partition coefficient (Wildman–Crippen LogP) is 2.22. The van der Waals surface area contributed by atoms with Crippen molar-refractivity contribution in [3.8, 4) is 11.3 Å². The molecule has 0 atom stereocenters. The van der Waals surface area contributed by atoms with E-state index >= 15 is 0 Å². The summed E-state index contributed by atoms with van der Waals surface area (Å²) in [4.78, 5) is 17.2. The molecule has 1 N–H and O–H groups in total. The van der Waals surface area contributed by atoms with Crippen LogP contribution in [0.3, 0.4) is 0 Å². The molecule has 0 aliphatic rings. The molecule has 3 heterocycles. The van der Waals surface area contributed by atoms with E-state index in [0.29, 0.717) is 11.4 Å². The van der Waals surface area contributed by atoms with Gasteiger partial charge in [0.15, 0.2) is 0 Å². The number of hydrogen-bond acceptors (Lipinski definition) is 6. The van der Waals surface area contributed by atoms with Crippen molar-refractivity contribution in [2.24, 2.45) is 7.05 Å². The first-order valence-electron chi connectivity index (χ1n) is 7.70. The monoisotopic (exact) mass is 342 g/mol. The number of aryl methyl sites for hydroxylation is 2. The molecular formula is C16H18N6OS. The van der Waals surface area contributed by atoms with E-state index in [1.54, 1.807) is 23.3 Å². The number of aromatic nitrogens is 5. The zero-order valence-corrected chi connectivity index (χ0v) is 14.4. The van der Waals surface area contributed by atoms with Crippen molar-refractivity contribution >= 4 is 17.4 Å². The molecule has 0 aliphatic heterocycles. The number of pyridine rings is 1. The Kier molecular flexibility index (Phi) is 4.95. The van der Waals surface area contributed by atoms with E-state index in [1.807, 2.05) is 19.2 Å². The number of nitrogens with one attached hydrogen (secondary N) is 1. The Morgan fingerprint density at radius 3 is 3.00 bits per heavy atom. The number of carbonyl (C=O) groups is 1. The van der Waals surface area contributed by atoms with Crippen molar-refractivity contribution in [1.29, 1.82) is 0 Å². The molecule has 0 radical (unpaired) electrons. The van der Waals surface area contributed by atoms with Crippen LogP contribution < -0.4 is 5.32 Å². The van der Waals surface area contributed by atoms with Crippen molar-refractivity contribution in [3.05, 3.63) is 46.9 Å². The predicted molar refractivity (Wildman–Crippen MR) is 91.5 cm³/mol. The number of amides is 1. The summed E-state index contributed by atoms with van der Waals surface area (Å²) in [6.45, 7) is 2.46. The van der Waals surface area contributed by atoms with Crippen molar-refractivity contribution in [1.82, 2.24) is 29.7 Å². The number of hydrogen-bond donors (Lipinski definition) is 1. The first kappa shape index (κ1) is 16.3. The Labute approximate surface area is 143 Å². The largest absolute Gasteiger partial charge is 0.347 e. The number of rotatable bonds is 6. The van der Waals surface area contributed by atoms with Gasteiger partial charge in [-0.3, -0.25) is 14.5 Å². The molecule has 0 bridgehead atoms. The molecule has 3 aromatic rings. The van der Waals surface area contributed by atoms with Crippen molar-refractivity contribution in [2.45, 2.75) is 26.3 Å². The minimum atomic E-state index is -0.139. The van der Waals surface area contributed by atoms with Gasteiger partial charge in [0.05, 0.1) is 11.4 Å². The molecular weight excluding hydrogens is 324 g/mol. The van der Waals surface area contributed by atoms with Gasteiger partial charge < -0.3 is 5.32 Å². The van der Waals surface area contributed by atoms with Gasteiger partial charge in [0.25, 0.3) is 5.91 Å². The summed E-state index contributed by atoms with van der Waals surface area (Å²) in [6, 6.07) is 3.93. The standard InChI is InChI=1S/C16H18N6OS/c1-3-4-13-15(24-21-20-13)16(23)18-9-11-7-12(10-17-8-11)14-5-6-19-22(14)2/h5-8,10H,3-4,9H2,1-2H3,(H,18,23). The van der Waals surface area contributed by atoms with Gasteiger partial charge in [-0.05, 0) is 35.6 Å². The van der Waals surface area contributed by atoms with E-state index in [9.17, 15) is 4.79 Å². The molecule has 1 amide bonds. The third-order valence-corrected chi connectivity index (χ3v) is 4.38. The lowest BCUT2D eigenvalue weighted by molar-refractivity contribution is 0.0954. The lowest BCUT2D eigenvalue weighted by atomic mass is 10.1. The molecule has 0 aliphatic carbocycles. The highest BCUT2D eigenvalue weighted by atomic mass is 32.1. The lowest BCUT2D eigenvalue weighted by Crippen LogP contribution is -2.23. The van der Waals surface area contributed by atoms with Gasteiger partial charge in [-0.2, -0.15) is 5.10 Å². The maximum absolute atomic E-state index is 12.3. The summed E-state index contributed by atoms with van der Waals surface area (Å²) in [5, 5.41) is 11.1. The first-order chi connectivity index (χ1) is 11.7. The van der Waals surface area contributed by atoms with Crippen LogP contribution in [0.5, 0.6) is 0 Å². The van der Waals surface area contributed by atoms with E-state index in [2.05, 4.69) is 31.9 Å². The molecule has 3 aromatic heterocycles. The van der Waals surface area contributed by atoms with Gasteiger partial charge in [0, 0.05) is 37.7 Å². The van der Waals surface area contributed by atoms with Crippen LogP contribution in [-0.4, -0.2) is 30.3 Å². The minimum Gasteiger partial charge on any atom is -0.347 e. The van der Waals surface area contributed by atoms with E-state index in [1.165, 1.54) is 0 Å². The highest BCUT2D eigenvalue weighted by molar-refractivity contribution is 7.08. The molecule has 24 heavy (non-hydrogen) atoms. The summed E-state index contributed by atoms with van der Waals surface area (Å²) in [7, 11) is 1.88. The lowest BCUT2D eigenvalue weighted by Gasteiger charge is -2.07. The third kappa shape index (κ3) is 3.48. The minimum absolute atomic E-state index is 0.139. The molecule has 0 saturated carbocycles. The molecule has 8 heteroatoms. The van der Waals surface area contributed by atoms with Gasteiger partial charge in [-0.25, -0.2) is 0 Å². The van der Waals surface area contributed by atoms with Gasteiger partial charge in [0.1, 0.15) is 4.88 Å². The van der Waals surface area contributed by atoms with Crippen LogP contribution in [-0.2, 0) is 20.0 Å². The Bertz CT molecular complexity index is 840. The van der Waals surface area contributed by atoms with E-state index in [-0.39, 0.29) is 5.91 Å². The molecule has 3 rings (SSSR count). The van der Waals surface area contributed by atoms with Gasteiger partial charge in [-0.15, -0.1) is 5.10 Å². The fraction of sp³-hybridized carbons (Fsp3) is 0.312. The van der Waals surface area contributed by atoms with Crippen LogP contribution >= 0.6 is 11.5 Å². The zero-order chi connectivity index (χ0) is 16.9.